The van der Waals surface area contributed by atoms with Gasteiger partial charge in [0, 0.05) is 25.5 Å². The van der Waals surface area contributed by atoms with Crippen LogP contribution >= 0.6 is 0 Å². The zero-order valence-corrected chi connectivity index (χ0v) is 20.0. The Balaban J connectivity index is 1.60. The van der Waals surface area contributed by atoms with Crippen molar-refractivity contribution in [1.29, 1.82) is 0 Å². The predicted octanol–water partition coefficient (Wildman–Crippen LogP) is 3.08. The van der Waals surface area contributed by atoms with Crippen LogP contribution in [0.25, 0.3) is 11.3 Å². The monoisotopic (exact) mass is 514 g/mol. The number of ether oxygens (including phenoxy) is 1. The molecule has 194 valence electrons. The van der Waals surface area contributed by atoms with Gasteiger partial charge in [-0.15, -0.1) is 0 Å². The number of anilines is 1. The molecule has 1 aliphatic rings. The summed E-state index contributed by atoms with van der Waals surface area (Å²) in [5.41, 5.74) is 10.5. The normalized spacial score (nSPS) is 15.3. The van der Waals surface area contributed by atoms with Crippen molar-refractivity contribution in [3.8, 4) is 17.1 Å². The van der Waals surface area contributed by atoms with Crippen LogP contribution in [0.3, 0.4) is 0 Å². The van der Waals surface area contributed by atoms with Crippen molar-refractivity contribution in [2.24, 2.45) is 11.5 Å². The molecule has 0 spiro atoms. The molecule has 3 aromatic rings. The molecular weight excluding hydrogens is 489 g/mol. The van der Waals surface area contributed by atoms with Gasteiger partial charge in [-0.2, -0.15) is 13.2 Å². The number of pyridine rings is 3. The maximum absolute atomic E-state index is 13.1. The lowest BCUT2D eigenvalue weighted by Gasteiger charge is -2.41. The van der Waals surface area contributed by atoms with Crippen LogP contribution < -0.4 is 21.1 Å². The smallest absolute Gasteiger partial charge is 0.433 e. The molecule has 0 bridgehead atoms. The van der Waals surface area contributed by atoms with Crippen LogP contribution in [-0.4, -0.2) is 46.5 Å². The molecule has 0 aliphatic carbocycles. The Hall–Kier alpha value is -4.22. The van der Waals surface area contributed by atoms with Gasteiger partial charge in [-0.1, -0.05) is 6.07 Å². The van der Waals surface area contributed by atoms with E-state index in [1.165, 1.54) is 6.07 Å². The first-order valence-corrected chi connectivity index (χ1v) is 11.5. The summed E-state index contributed by atoms with van der Waals surface area (Å²) in [4.78, 5) is 38.4. The van der Waals surface area contributed by atoms with E-state index in [1.54, 1.807) is 35.5 Å². The highest BCUT2D eigenvalue weighted by molar-refractivity contribution is 5.97. The summed E-state index contributed by atoms with van der Waals surface area (Å²) in [5, 5.41) is 0. The van der Waals surface area contributed by atoms with Crippen LogP contribution in [0.4, 0.5) is 18.9 Å². The van der Waals surface area contributed by atoms with Crippen LogP contribution in [0.2, 0.25) is 0 Å². The first-order chi connectivity index (χ1) is 17.6. The van der Waals surface area contributed by atoms with Gasteiger partial charge in [0.15, 0.2) is 5.69 Å². The number of nitrogens with two attached hydrogens (primary N) is 2. The van der Waals surface area contributed by atoms with E-state index in [2.05, 4.69) is 15.0 Å². The first kappa shape index (κ1) is 25.9. The second-order valence-electron chi connectivity index (χ2n) is 8.58. The topological polar surface area (TPSA) is 137 Å². The summed E-state index contributed by atoms with van der Waals surface area (Å²) in [6, 6.07) is 9.11. The van der Waals surface area contributed by atoms with Crippen LogP contribution in [0.5, 0.6) is 5.88 Å². The molecule has 12 heteroatoms. The van der Waals surface area contributed by atoms with E-state index < -0.39 is 34.8 Å². The number of amides is 2. The van der Waals surface area contributed by atoms with E-state index in [9.17, 15) is 22.8 Å². The number of alkyl halides is 3. The Morgan fingerprint density at radius 1 is 1.08 bits per heavy atom. The van der Waals surface area contributed by atoms with Gasteiger partial charge in [0.2, 0.25) is 11.8 Å². The molecule has 4 N–H and O–H groups in total. The standard InChI is InChI=1S/C25H25F3N6O3/c1-2-37-22-16(4-3-11-31-22)17-6-5-15(14-32-17)24(23(30)36)9-12-34(13-10-24)18-7-8-19(25(26,27)28)33-20(18)21(29)35/h3-8,11,14H,2,9-10,12-13H2,1H3,(H2,29,35)(H2,30,36). The quantitative estimate of drug-likeness (QED) is 0.494. The summed E-state index contributed by atoms with van der Waals surface area (Å²) in [5.74, 6) is -1.17. The molecule has 0 radical (unpaired) electrons. The maximum Gasteiger partial charge on any atom is 0.433 e. The predicted molar refractivity (Wildman–Crippen MR) is 129 cm³/mol. The lowest BCUT2D eigenvalue weighted by molar-refractivity contribution is -0.141. The molecule has 0 aromatic carbocycles. The lowest BCUT2D eigenvalue weighted by Crippen LogP contribution is -2.50. The number of rotatable bonds is 7. The average Bonchev–Trinajstić information content (AvgIpc) is 2.88. The number of carbonyl (C=O) groups is 2. The summed E-state index contributed by atoms with van der Waals surface area (Å²) >= 11 is 0. The molecule has 9 nitrogen and oxygen atoms in total. The van der Waals surface area contributed by atoms with Crippen molar-refractivity contribution in [3.05, 3.63) is 65.7 Å². The van der Waals surface area contributed by atoms with E-state index in [-0.39, 0.29) is 31.6 Å². The number of primary amides is 2. The van der Waals surface area contributed by atoms with Crippen molar-refractivity contribution in [1.82, 2.24) is 15.0 Å². The molecule has 4 heterocycles. The Morgan fingerprint density at radius 2 is 1.81 bits per heavy atom. The first-order valence-electron chi connectivity index (χ1n) is 11.5. The number of aromatic nitrogens is 3. The lowest BCUT2D eigenvalue weighted by atomic mass is 9.72. The summed E-state index contributed by atoms with van der Waals surface area (Å²) in [6.07, 6.45) is -1.01. The zero-order valence-electron chi connectivity index (χ0n) is 20.0. The van der Waals surface area contributed by atoms with Crippen LogP contribution in [0.1, 0.15) is 41.5 Å². The molecular formula is C25H25F3N6O3. The highest BCUT2D eigenvalue weighted by Gasteiger charge is 2.43. The van der Waals surface area contributed by atoms with Gasteiger partial charge < -0.3 is 21.1 Å². The van der Waals surface area contributed by atoms with E-state index in [0.29, 0.717) is 29.3 Å². The van der Waals surface area contributed by atoms with E-state index in [4.69, 9.17) is 16.2 Å². The fraction of sp³-hybridized carbons (Fsp3) is 0.320. The van der Waals surface area contributed by atoms with Gasteiger partial charge in [0.1, 0.15) is 5.69 Å². The van der Waals surface area contributed by atoms with E-state index >= 15 is 0 Å². The van der Waals surface area contributed by atoms with Crippen molar-refractivity contribution in [2.75, 3.05) is 24.6 Å². The van der Waals surface area contributed by atoms with Gasteiger partial charge >= 0.3 is 6.18 Å². The van der Waals surface area contributed by atoms with Crippen molar-refractivity contribution in [2.45, 2.75) is 31.4 Å². The average molecular weight is 515 g/mol. The van der Waals surface area contributed by atoms with E-state index in [1.807, 2.05) is 13.0 Å². The molecule has 0 atom stereocenters. The number of carbonyl (C=O) groups excluding carboxylic acids is 2. The largest absolute Gasteiger partial charge is 0.477 e. The molecule has 1 aliphatic heterocycles. The summed E-state index contributed by atoms with van der Waals surface area (Å²) in [6.45, 7) is 2.75. The molecule has 2 amide bonds. The number of nitrogens with zero attached hydrogens (tertiary/aromatic N) is 4. The minimum atomic E-state index is -4.72. The van der Waals surface area contributed by atoms with Gasteiger partial charge in [-0.25, -0.2) is 9.97 Å². The van der Waals surface area contributed by atoms with Crippen molar-refractivity contribution in [3.63, 3.8) is 0 Å². The maximum atomic E-state index is 13.1. The molecule has 3 aromatic heterocycles. The number of halogens is 3. The molecule has 1 saturated heterocycles. The minimum Gasteiger partial charge on any atom is -0.477 e. The fourth-order valence-electron chi connectivity index (χ4n) is 4.53. The van der Waals surface area contributed by atoms with Crippen LogP contribution in [-0.2, 0) is 16.4 Å². The SMILES string of the molecule is CCOc1ncccc1-c1ccc(C2(C(N)=O)CCN(c3ccc(C(F)(F)F)nc3C(N)=O)CC2)cn1. The Morgan fingerprint density at radius 3 is 2.38 bits per heavy atom. The number of hydrogen-bond donors (Lipinski definition) is 2. The number of piperidine rings is 1. The van der Waals surface area contributed by atoms with E-state index in [0.717, 1.165) is 6.07 Å². The minimum absolute atomic E-state index is 0.173. The van der Waals surface area contributed by atoms with Crippen molar-refractivity contribution >= 4 is 17.5 Å². The second-order valence-corrected chi connectivity index (χ2v) is 8.58. The summed E-state index contributed by atoms with van der Waals surface area (Å²) < 4.78 is 44.8. The highest BCUT2D eigenvalue weighted by atomic mass is 19.4. The third-order valence-corrected chi connectivity index (χ3v) is 6.47. The Labute approximate surface area is 210 Å². The zero-order chi connectivity index (χ0) is 26.8. The Kier molecular flexibility index (Phi) is 7.01. The second kappa shape index (κ2) is 10.0. The van der Waals surface area contributed by atoms with Crippen LogP contribution in [0, 0.1) is 0 Å². The van der Waals surface area contributed by atoms with Gasteiger partial charge in [-0.05, 0) is 55.7 Å². The third kappa shape index (κ3) is 5.04. The Bertz CT molecular complexity index is 1310. The third-order valence-electron chi connectivity index (χ3n) is 6.47. The molecule has 37 heavy (non-hydrogen) atoms. The van der Waals surface area contributed by atoms with Gasteiger partial charge in [-0.3, -0.25) is 14.6 Å². The van der Waals surface area contributed by atoms with Gasteiger partial charge in [0.05, 0.1) is 29.0 Å². The van der Waals surface area contributed by atoms with Crippen molar-refractivity contribution < 1.29 is 27.5 Å². The molecule has 0 unspecified atom stereocenters. The van der Waals surface area contributed by atoms with Crippen LogP contribution in [0.15, 0.2) is 48.8 Å². The summed E-state index contributed by atoms with van der Waals surface area (Å²) in [7, 11) is 0. The number of hydrogen-bond acceptors (Lipinski definition) is 7. The highest BCUT2D eigenvalue weighted by Crippen LogP contribution is 2.39. The van der Waals surface area contributed by atoms with Gasteiger partial charge in [0.25, 0.3) is 5.91 Å². The molecule has 1 fully saturated rings. The molecule has 4 rings (SSSR count). The fourth-order valence-corrected chi connectivity index (χ4v) is 4.53. The molecule has 0 saturated carbocycles.